The molecule has 2 N–H and O–H groups in total. The summed E-state index contributed by atoms with van der Waals surface area (Å²) in [4.78, 5) is 12.7. The van der Waals surface area contributed by atoms with Gasteiger partial charge in [-0.25, -0.2) is 9.97 Å². The van der Waals surface area contributed by atoms with Crippen molar-refractivity contribution in [2.75, 3.05) is 17.7 Å². The van der Waals surface area contributed by atoms with E-state index in [9.17, 15) is 0 Å². The second-order valence-electron chi connectivity index (χ2n) is 4.31. The van der Waals surface area contributed by atoms with Crippen molar-refractivity contribution in [3.05, 3.63) is 42.0 Å². The first-order valence-corrected chi connectivity index (χ1v) is 6.44. The molecule has 0 saturated heterocycles. The van der Waals surface area contributed by atoms with Gasteiger partial charge in [0.25, 0.3) is 0 Å². The van der Waals surface area contributed by atoms with Crippen molar-refractivity contribution in [3.8, 4) is 0 Å². The van der Waals surface area contributed by atoms with Crippen molar-refractivity contribution >= 4 is 11.6 Å². The van der Waals surface area contributed by atoms with E-state index in [1.165, 1.54) is 0 Å². The van der Waals surface area contributed by atoms with Gasteiger partial charge in [-0.3, -0.25) is 4.98 Å². The summed E-state index contributed by atoms with van der Waals surface area (Å²) < 4.78 is 0. The van der Waals surface area contributed by atoms with Gasteiger partial charge in [-0.1, -0.05) is 13.0 Å². The molecule has 2 aromatic heterocycles. The fraction of sp³-hybridized carbons (Fsp3) is 0.357. The minimum atomic E-state index is 0.151. The Bertz CT molecular complexity index is 527. The molecule has 0 saturated carbocycles. The molecule has 0 spiro atoms. The van der Waals surface area contributed by atoms with Crippen LogP contribution < -0.4 is 10.6 Å². The van der Waals surface area contributed by atoms with Crippen molar-refractivity contribution in [1.82, 2.24) is 15.0 Å². The van der Waals surface area contributed by atoms with Crippen molar-refractivity contribution < 1.29 is 0 Å². The first-order chi connectivity index (χ1) is 9.26. The number of nitrogens with zero attached hydrogens (tertiary/aromatic N) is 3. The van der Waals surface area contributed by atoms with Crippen LogP contribution in [0.3, 0.4) is 0 Å². The Morgan fingerprint density at radius 3 is 2.68 bits per heavy atom. The molecule has 2 rings (SSSR count). The molecule has 0 aromatic carbocycles. The number of anilines is 2. The Kier molecular flexibility index (Phi) is 4.28. The summed E-state index contributed by atoms with van der Waals surface area (Å²) >= 11 is 0. The van der Waals surface area contributed by atoms with Crippen LogP contribution in [0.1, 0.15) is 31.0 Å². The zero-order valence-corrected chi connectivity index (χ0v) is 11.5. The molecule has 5 heteroatoms. The van der Waals surface area contributed by atoms with Gasteiger partial charge in [0, 0.05) is 25.0 Å². The molecule has 19 heavy (non-hydrogen) atoms. The van der Waals surface area contributed by atoms with Crippen LogP contribution in [0.25, 0.3) is 0 Å². The van der Waals surface area contributed by atoms with Gasteiger partial charge in [-0.2, -0.15) is 0 Å². The normalized spacial score (nSPS) is 11.9. The van der Waals surface area contributed by atoms with Gasteiger partial charge < -0.3 is 10.6 Å². The SMILES string of the molecule is CCc1c(NC)ncnc1NC(C)c1cccnc1. The number of hydrogen-bond donors (Lipinski definition) is 2. The molecule has 0 radical (unpaired) electrons. The third-order valence-corrected chi connectivity index (χ3v) is 3.07. The van der Waals surface area contributed by atoms with Gasteiger partial charge in [0.15, 0.2) is 0 Å². The van der Waals surface area contributed by atoms with Crippen LogP contribution in [0, 0.1) is 0 Å². The highest BCUT2D eigenvalue weighted by atomic mass is 15.1. The number of hydrogen-bond acceptors (Lipinski definition) is 5. The lowest BCUT2D eigenvalue weighted by Gasteiger charge is -2.18. The number of rotatable bonds is 5. The lowest BCUT2D eigenvalue weighted by Crippen LogP contribution is -2.12. The first kappa shape index (κ1) is 13.3. The molecule has 0 aliphatic heterocycles. The zero-order valence-electron chi connectivity index (χ0n) is 11.5. The summed E-state index contributed by atoms with van der Waals surface area (Å²) in [6.07, 6.45) is 6.09. The van der Waals surface area contributed by atoms with E-state index >= 15 is 0 Å². The Labute approximate surface area is 113 Å². The smallest absolute Gasteiger partial charge is 0.135 e. The molecular formula is C14H19N5. The molecule has 100 valence electrons. The van der Waals surface area contributed by atoms with Crippen molar-refractivity contribution in [2.45, 2.75) is 26.3 Å². The summed E-state index contributed by atoms with van der Waals surface area (Å²) in [6, 6.07) is 4.14. The Hall–Kier alpha value is -2.17. The molecule has 0 bridgehead atoms. The zero-order chi connectivity index (χ0) is 13.7. The molecule has 0 aliphatic rings. The van der Waals surface area contributed by atoms with Crippen LogP contribution in [-0.2, 0) is 6.42 Å². The first-order valence-electron chi connectivity index (χ1n) is 6.44. The quantitative estimate of drug-likeness (QED) is 0.862. The number of aromatic nitrogens is 3. The van der Waals surface area contributed by atoms with Crippen LogP contribution in [0.2, 0.25) is 0 Å². The highest BCUT2D eigenvalue weighted by molar-refractivity contribution is 5.57. The van der Waals surface area contributed by atoms with Gasteiger partial charge in [-0.05, 0) is 25.0 Å². The van der Waals surface area contributed by atoms with Crippen LogP contribution >= 0.6 is 0 Å². The molecule has 0 amide bonds. The Morgan fingerprint density at radius 2 is 2.05 bits per heavy atom. The standard InChI is InChI=1S/C14H19N5/c1-4-12-13(15-3)17-9-18-14(12)19-10(2)11-6-5-7-16-8-11/h5-10H,4H2,1-3H3,(H2,15,17,18,19). The lowest BCUT2D eigenvalue weighted by atomic mass is 10.1. The van der Waals surface area contributed by atoms with E-state index in [0.717, 1.165) is 29.2 Å². The van der Waals surface area contributed by atoms with Crippen molar-refractivity contribution in [1.29, 1.82) is 0 Å². The summed E-state index contributed by atoms with van der Waals surface area (Å²) in [5.41, 5.74) is 2.23. The minimum absolute atomic E-state index is 0.151. The average molecular weight is 257 g/mol. The summed E-state index contributed by atoms with van der Waals surface area (Å²) in [6.45, 7) is 4.19. The van der Waals surface area contributed by atoms with E-state index in [-0.39, 0.29) is 6.04 Å². The van der Waals surface area contributed by atoms with Crippen molar-refractivity contribution in [3.63, 3.8) is 0 Å². The Morgan fingerprint density at radius 1 is 1.26 bits per heavy atom. The third-order valence-electron chi connectivity index (χ3n) is 3.07. The predicted molar refractivity (Wildman–Crippen MR) is 77.2 cm³/mol. The van der Waals surface area contributed by atoms with E-state index < -0.39 is 0 Å². The monoisotopic (exact) mass is 257 g/mol. The lowest BCUT2D eigenvalue weighted by molar-refractivity contribution is 0.856. The summed E-state index contributed by atoms with van der Waals surface area (Å²) in [5, 5.41) is 6.52. The fourth-order valence-corrected chi connectivity index (χ4v) is 2.01. The highest BCUT2D eigenvalue weighted by Crippen LogP contribution is 2.24. The highest BCUT2D eigenvalue weighted by Gasteiger charge is 2.12. The maximum absolute atomic E-state index is 4.34. The third kappa shape index (κ3) is 2.99. The molecule has 5 nitrogen and oxygen atoms in total. The maximum Gasteiger partial charge on any atom is 0.135 e. The molecule has 1 unspecified atom stereocenters. The summed E-state index contributed by atoms with van der Waals surface area (Å²) in [5.74, 6) is 1.75. The minimum Gasteiger partial charge on any atom is -0.373 e. The molecule has 2 aromatic rings. The van der Waals surface area contributed by atoms with Gasteiger partial charge in [0.05, 0.1) is 6.04 Å². The second kappa shape index (κ2) is 6.13. The van der Waals surface area contributed by atoms with Crippen LogP contribution in [0.5, 0.6) is 0 Å². The van der Waals surface area contributed by atoms with E-state index in [2.05, 4.69) is 45.5 Å². The van der Waals surface area contributed by atoms with E-state index in [1.807, 2.05) is 19.3 Å². The summed E-state index contributed by atoms with van der Waals surface area (Å²) in [7, 11) is 1.87. The van der Waals surface area contributed by atoms with Crippen molar-refractivity contribution in [2.24, 2.45) is 0 Å². The van der Waals surface area contributed by atoms with Gasteiger partial charge >= 0.3 is 0 Å². The van der Waals surface area contributed by atoms with Crippen LogP contribution in [0.15, 0.2) is 30.9 Å². The number of pyridine rings is 1. The van der Waals surface area contributed by atoms with E-state index in [4.69, 9.17) is 0 Å². The van der Waals surface area contributed by atoms with E-state index in [0.29, 0.717) is 0 Å². The molecule has 2 heterocycles. The maximum atomic E-state index is 4.34. The second-order valence-corrected chi connectivity index (χ2v) is 4.31. The molecule has 1 atom stereocenters. The van der Waals surface area contributed by atoms with Gasteiger partial charge in [0.2, 0.25) is 0 Å². The van der Waals surface area contributed by atoms with Crippen LogP contribution in [0.4, 0.5) is 11.6 Å². The van der Waals surface area contributed by atoms with E-state index in [1.54, 1.807) is 12.5 Å². The number of nitrogens with one attached hydrogen (secondary N) is 2. The molecule has 0 fully saturated rings. The fourth-order valence-electron chi connectivity index (χ4n) is 2.01. The predicted octanol–water partition coefficient (Wildman–Crippen LogP) is 2.65. The molecular weight excluding hydrogens is 238 g/mol. The largest absolute Gasteiger partial charge is 0.373 e. The van der Waals surface area contributed by atoms with Gasteiger partial charge in [0.1, 0.15) is 18.0 Å². The topological polar surface area (TPSA) is 62.7 Å². The van der Waals surface area contributed by atoms with Gasteiger partial charge in [-0.15, -0.1) is 0 Å². The molecule has 0 aliphatic carbocycles. The average Bonchev–Trinajstić information content (AvgIpc) is 2.47. The van der Waals surface area contributed by atoms with Crippen LogP contribution in [-0.4, -0.2) is 22.0 Å². The Balaban J connectivity index is 2.24.